The molecule has 0 amide bonds. The Morgan fingerprint density at radius 2 is 0.565 bits per heavy atom. The second kappa shape index (κ2) is 68.2. The number of pyridine rings is 3. The van der Waals surface area contributed by atoms with E-state index in [1.807, 2.05) is 210 Å². The van der Waals surface area contributed by atoms with Gasteiger partial charge in [0.25, 0.3) is 0 Å². The number of rotatable bonds is 0. The van der Waals surface area contributed by atoms with E-state index in [2.05, 4.69) is 286 Å². The average Bonchev–Trinajstić information content (AvgIpc) is 0.972. The molecule has 612 valence electrons. The van der Waals surface area contributed by atoms with Gasteiger partial charge in [0.05, 0.1) is 17.6 Å². The van der Waals surface area contributed by atoms with E-state index in [9.17, 15) is 0 Å². The first-order valence-corrected chi connectivity index (χ1v) is 39.8. The van der Waals surface area contributed by atoms with Gasteiger partial charge in [-0.05, 0) is 105 Å². The predicted octanol–water partition coefficient (Wildman–Crippen LogP) is 27.0. The van der Waals surface area contributed by atoms with Crippen LogP contribution in [0, 0.1) is 0 Å². The zero-order valence-corrected chi connectivity index (χ0v) is 78.0. The molecule has 0 saturated heterocycles. The first-order valence-electron chi connectivity index (χ1n) is 39.8. The zero-order chi connectivity index (χ0) is 86.5. The summed E-state index contributed by atoms with van der Waals surface area (Å²) < 4.78 is 0. The van der Waals surface area contributed by atoms with Crippen LogP contribution in [0.25, 0.3) is 0 Å². The van der Waals surface area contributed by atoms with Crippen LogP contribution >= 0.6 is 0 Å². The minimum atomic E-state index is 0.0707. The fourth-order valence-corrected chi connectivity index (χ4v) is 6.69. The van der Waals surface area contributed by atoms with Crippen molar-refractivity contribution < 1.29 is 0 Å². The maximum Gasteiger partial charge on any atom is 0.133 e. The van der Waals surface area contributed by atoms with Crippen LogP contribution in [0.2, 0.25) is 0 Å². The fourth-order valence-electron chi connectivity index (χ4n) is 6.69. The largest absolute Gasteiger partial charge is 0.265 e. The highest BCUT2D eigenvalue weighted by molar-refractivity contribution is 5.20. The summed E-state index contributed by atoms with van der Waals surface area (Å²) >= 11 is 0. The van der Waals surface area contributed by atoms with Crippen LogP contribution in [0.1, 0.15) is 362 Å². The quantitative estimate of drug-likeness (QED) is 0.139. The molecule has 15 heteroatoms. The number of hydrogen-bond acceptors (Lipinski definition) is 15. The Bertz CT molecular complexity index is 2490. The van der Waals surface area contributed by atoms with E-state index in [0.717, 1.165) is 28.6 Å². The van der Waals surface area contributed by atoms with Crippen LogP contribution in [0.15, 0.2) is 185 Å². The standard InChI is InChI=1S/3C9H13N.6C8H12N2.9C2H6/c1-9(2,3)8-4-6-10-7-5-8;1-9(2,3)8-5-4-6-10-7-8;1-9(2,3)8-6-4-5-7-10-8;1-8(2,3)7-4-9-6-10-5-7;1-8(2,3)7-6-9-4-5-10-7;1-8(2,3)7-4-5-9-6-10-7;1-8(2,3)7-4-5-9-10-6-7;1-8(2,3)7-9-5-4-6-10-7;1-8(2,3)7-5-4-6-9-10-7;9*1-2/h3*4-7H,1-3H3;6*4-6H,1-3H3;9*1-2H3. The molecule has 0 atom stereocenters. The lowest BCUT2D eigenvalue weighted by Gasteiger charge is -2.17. The molecule has 0 saturated carbocycles. The minimum absolute atomic E-state index is 0.0707. The molecule has 0 N–H and O–H groups in total. The highest BCUT2D eigenvalue weighted by Gasteiger charge is 2.19. The molecule has 9 aromatic rings. The Labute approximate surface area is 667 Å². The molecular weight excluding hydrogens is 1330 g/mol. The molecule has 0 aliphatic heterocycles. The SMILES string of the molecule is CC.CC.CC.CC.CC.CC.CC.CC.CC.CC(C)(C)c1ccccn1.CC(C)(C)c1cccnc1.CC(C)(C)c1cccnn1.CC(C)(C)c1ccncc1.CC(C)(C)c1ccncn1.CC(C)(C)c1ccnnc1.CC(C)(C)c1cnccn1.CC(C)(C)c1cncnc1.CC(C)(C)c1ncccn1. The highest BCUT2D eigenvalue weighted by atomic mass is 15.1. The van der Waals surface area contributed by atoms with Crippen molar-refractivity contribution >= 4 is 0 Å². The van der Waals surface area contributed by atoms with Crippen LogP contribution in [0.4, 0.5) is 0 Å². The molecule has 9 aromatic heterocycles. The van der Waals surface area contributed by atoms with Gasteiger partial charge in [-0.1, -0.05) is 324 Å². The van der Waals surface area contributed by atoms with Crippen molar-refractivity contribution in [2.24, 2.45) is 0 Å². The third-order valence-electron chi connectivity index (χ3n) is 12.6. The molecule has 0 aliphatic rings. The molecule has 0 fully saturated rings. The second-order valence-electron chi connectivity index (χ2n) is 30.6. The number of nitrogens with zero attached hydrogens (tertiary/aromatic N) is 15. The van der Waals surface area contributed by atoms with Crippen molar-refractivity contribution in [3.8, 4) is 0 Å². The van der Waals surface area contributed by atoms with E-state index in [4.69, 9.17) is 0 Å². The van der Waals surface area contributed by atoms with E-state index in [1.54, 1.807) is 74.6 Å². The monoisotopic (exact) mass is 1490 g/mol. The summed E-state index contributed by atoms with van der Waals surface area (Å²) in [5.74, 6) is 0.898. The van der Waals surface area contributed by atoms with Gasteiger partial charge < -0.3 is 0 Å². The Morgan fingerprint density at radius 3 is 0.815 bits per heavy atom. The molecule has 9 heterocycles. The summed E-state index contributed by atoms with van der Waals surface area (Å²) in [6.45, 7) is 94.0. The van der Waals surface area contributed by atoms with Gasteiger partial charge in [0.2, 0.25) is 0 Å². The molecule has 108 heavy (non-hydrogen) atoms. The van der Waals surface area contributed by atoms with Crippen molar-refractivity contribution in [3.05, 3.63) is 235 Å². The van der Waals surface area contributed by atoms with Crippen molar-refractivity contribution in [1.29, 1.82) is 0 Å². The predicted molar refractivity (Wildman–Crippen MR) is 475 cm³/mol. The van der Waals surface area contributed by atoms with E-state index in [1.165, 1.54) is 22.3 Å². The van der Waals surface area contributed by atoms with Crippen LogP contribution < -0.4 is 0 Å². The molecule has 0 aromatic carbocycles. The van der Waals surface area contributed by atoms with Crippen molar-refractivity contribution in [3.63, 3.8) is 0 Å². The van der Waals surface area contributed by atoms with Gasteiger partial charge in [0, 0.05) is 131 Å². The molecule has 0 unspecified atom stereocenters. The summed E-state index contributed by atoms with van der Waals surface area (Å²) in [5, 5.41) is 15.3. The van der Waals surface area contributed by atoms with Gasteiger partial charge in [-0.3, -0.25) is 24.9 Å². The van der Waals surface area contributed by atoms with Gasteiger partial charge in [-0.15, -0.1) is 0 Å². The molecule has 15 nitrogen and oxygen atoms in total. The van der Waals surface area contributed by atoms with Crippen LogP contribution in [0.5, 0.6) is 0 Å². The van der Waals surface area contributed by atoms with Crippen molar-refractivity contribution in [2.75, 3.05) is 0 Å². The summed E-state index contributed by atoms with van der Waals surface area (Å²) in [4.78, 5) is 44.6. The van der Waals surface area contributed by atoms with Gasteiger partial charge in [-0.2, -0.15) is 20.4 Å². The summed E-state index contributed by atoms with van der Waals surface area (Å²) in [6, 6.07) is 23.9. The first-order chi connectivity index (χ1) is 50.4. The Morgan fingerprint density at radius 1 is 0.185 bits per heavy atom. The summed E-state index contributed by atoms with van der Waals surface area (Å²) in [6.07, 6.45) is 31.8. The third-order valence-corrected chi connectivity index (χ3v) is 12.6. The lowest BCUT2D eigenvalue weighted by Crippen LogP contribution is -2.14. The number of hydrogen-bond donors (Lipinski definition) is 0. The van der Waals surface area contributed by atoms with Crippen LogP contribution in [-0.4, -0.2) is 75.2 Å². The maximum atomic E-state index is 4.25. The number of aromatic nitrogens is 15. The Kier molecular flexibility index (Phi) is 74.7. The van der Waals surface area contributed by atoms with E-state index in [0.29, 0.717) is 0 Å². The van der Waals surface area contributed by atoms with E-state index >= 15 is 0 Å². The lowest BCUT2D eigenvalue weighted by atomic mass is 9.88. The highest BCUT2D eigenvalue weighted by Crippen LogP contribution is 2.24. The van der Waals surface area contributed by atoms with E-state index < -0.39 is 0 Å². The topological polar surface area (TPSA) is 193 Å². The Balaban J connectivity index is -0.000000142. The molecule has 0 aliphatic carbocycles. The van der Waals surface area contributed by atoms with E-state index in [-0.39, 0.29) is 48.7 Å². The lowest BCUT2D eigenvalue weighted by molar-refractivity contribution is 0.545. The van der Waals surface area contributed by atoms with Gasteiger partial charge >= 0.3 is 0 Å². The van der Waals surface area contributed by atoms with Crippen LogP contribution in [0.3, 0.4) is 0 Å². The van der Waals surface area contributed by atoms with Crippen molar-refractivity contribution in [2.45, 2.75) is 360 Å². The fraction of sp³-hybridized carbons (Fsp3) is 0.581. The van der Waals surface area contributed by atoms with Crippen LogP contribution in [-0.2, 0) is 48.7 Å². The minimum Gasteiger partial charge on any atom is -0.265 e. The first kappa shape index (κ1) is 118. The molecule has 0 radical (unpaired) electrons. The summed E-state index contributed by atoms with van der Waals surface area (Å²) in [7, 11) is 0. The van der Waals surface area contributed by atoms with Gasteiger partial charge in [0.15, 0.2) is 0 Å². The molecular formula is C93H165N15. The van der Waals surface area contributed by atoms with Gasteiger partial charge in [0.1, 0.15) is 18.5 Å². The normalized spacial score (nSPS) is 10.1. The van der Waals surface area contributed by atoms with Gasteiger partial charge in [-0.25, -0.2) is 29.9 Å². The third kappa shape index (κ3) is 66.2. The molecule has 0 spiro atoms. The Hall–Kier alpha value is -8.07. The smallest absolute Gasteiger partial charge is 0.133 e. The second-order valence-corrected chi connectivity index (χ2v) is 30.6. The average molecular weight is 1490 g/mol. The summed E-state index contributed by atoms with van der Waals surface area (Å²) in [5.41, 5.74) is 10.8. The molecule has 9 rings (SSSR count). The maximum absolute atomic E-state index is 4.25. The zero-order valence-electron chi connectivity index (χ0n) is 78.0. The van der Waals surface area contributed by atoms with Crippen molar-refractivity contribution in [1.82, 2.24) is 75.2 Å². The molecule has 0 bridgehead atoms.